The van der Waals surface area contributed by atoms with E-state index in [9.17, 15) is 9.18 Å². The summed E-state index contributed by atoms with van der Waals surface area (Å²) in [6.07, 6.45) is 3.74. The maximum absolute atomic E-state index is 13.1. The Morgan fingerprint density at radius 1 is 1.25 bits per heavy atom. The molecular weight excluding hydrogens is 305 g/mol. The Kier molecular flexibility index (Phi) is 4.88. The third kappa shape index (κ3) is 3.61. The fourth-order valence-electron chi connectivity index (χ4n) is 3.12. The van der Waals surface area contributed by atoms with Crippen LogP contribution >= 0.6 is 0 Å². The fourth-order valence-corrected chi connectivity index (χ4v) is 3.12. The first-order valence-electron chi connectivity index (χ1n) is 8.42. The lowest BCUT2D eigenvalue weighted by Crippen LogP contribution is -2.41. The van der Waals surface area contributed by atoms with Gasteiger partial charge in [-0.15, -0.1) is 0 Å². The van der Waals surface area contributed by atoms with Gasteiger partial charge in [0.25, 0.3) is 0 Å². The first-order valence-corrected chi connectivity index (χ1v) is 8.42. The van der Waals surface area contributed by atoms with Crippen molar-refractivity contribution < 1.29 is 9.18 Å². The summed E-state index contributed by atoms with van der Waals surface area (Å²) in [5, 5.41) is 0. The molecule has 1 atom stereocenters. The van der Waals surface area contributed by atoms with Crippen LogP contribution in [0.2, 0.25) is 0 Å². The quantitative estimate of drug-likeness (QED) is 0.864. The van der Waals surface area contributed by atoms with Crippen molar-refractivity contribution in [2.75, 3.05) is 13.1 Å². The monoisotopic (exact) mass is 327 g/mol. The first kappa shape index (κ1) is 16.6. The molecule has 1 aliphatic rings. The molecule has 1 aromatic heterocycles. The van der Waals surface area contributed by atoms with Gasteiger partial charge in [-0.25, -0.2) is 14.4 Å². The van der Waals surface area contributed by atoms with E-state index in [0.29, 0.717) is 12.4 Å². The highest BCUT2D eigenvalue weighted by molar-refractivity contribution is 5.78. The summed E-state index contributed by atoms with van der Waals surface area (Å²) in [5.74, 6) is 0.768. The summed E-state index contributed by atoms with van der Waals surface area (Å²) in [7, 11) is 0. The molecular formula is C19H22FN3O. The third-order valence-corrected chi connectivity index (χ3v) is 4.42. The molecule has 5 heteroatoms. The molecule has 2 heterocycles. The van der Waals surface area contributed by atoms with Gasteiger partial charge in [0.05, 0.1) is 0 Å². The number of hydrogen-bond donors (Lipinski definition) is 0. The van der Waals surface area contributed by atoms with Gasteiger partial charge in [0.15, 0.2) is 5.82 Å². The second kappa shape index (κ2) is 7.07. The van der Waals surface area contributed by atoms with Crippen molar-refractivity contribution >= 4 is 5.91 Å². The Balaban J connectivity index is 1.80. The van der Waals surface area contributed by atoms with E-state index in [4.69, 9.17) is 0 Å². The van der Waals surface area contributed by atoms with Gasteiger partial charge in [-0.2, -0.15) is 0 Å². The number of aromatic nitrogens is 2. The zero-order chi connectivity index (χ0) is 17.1. The molecule has 1 fully saturated rings. The molecule has 24 heavy (non-hydrogen) atoms. The third-order valence-electron chi connectivity index (χ3n) is 4.42. The van der Waals surface area contributed by atoms with Crippen LogP contribution in [0.3, 0.4) is 0 Å². The summed E-state index contributed by atoms with van der Waals surface area (Å²) < 4.78 is 13.1. The van der Waals surface area contributed by atoms with Gasteiger partial charge in [-0.1, -0.05) is 13.8 Å². The zero-order valence-electron chi connectivity index (χ0n) is 14.1. The summed E-state index contributed by atoms with van der Waals surface area (Å²) in [4.78, 5) is 23.2. The molecule has 0 bridgehead atoms. The van der Waals surface area contributed by atoms with Gasteiger partial charge in [0.1, 0.15) is 5.82 Å². The van der Waals surface area contributed by atoms with Gasteiger partial charge in [-0.05, 0) is 43.2 Å². The first-order chi connectivity index (χ1) is 11.5. The topological polar surface area (TPSA) is 46.1 Å². The van der Waals surface area contributed by atoms with Gasteiger partial charge in [-0.3, -0.25) is 4.79 Å². The van der Waals surface area contributed by atoms with Crippen LogP contribution < -0.4 is 0 Å². The van der Waals surface area contributed by atoms with Crippen LogP contribution in [0.5, 0.6) is 0 Å². The van der Waals surface area contributed by atoms with E-state index in [1.807, 2.05) is 24.8 Å². The maximum Gasteiger partial charge on any atom is 0.225 e. The van der Waals surface area contributed by atoms with Crippen LogP contribution in [0.1, 0.15) is 38.3 Å². The van der Waals surface area contributed by atoms with Crippen molar-refractivity contribution in [3.8, 4) is 11.4 Å². The van der Waals surface area contributed by atoms with E-state index in [1.165, 1.54) is 12.1 Å². The van der Waals surface area contributed by atoms with E-state index >= 15 is 0 Å². The zero-order valence-corrected chi connectivity index (χ0v) is 14.1. The van der Waals surface area contributed by atoms with Gasteiger partial charge >= 0.3 is 0 Å². The number of carbonyl (C=O) groups is 1. The molecule has 1 amide bonds. The molecule has 4 nitrogen and oxygen atoms in total. The number of amides is 1. The highest BCUT2D eigenvalue weighted by Gasteiger charge is 2.27. The number of benzene rings is 1. The van der Waals surface area contributed by atoms with Crippen molar-refractivity contribution in [1.82, 2.24) is 14.9 Å². The summed E-state index contributed by atoms with van der Waals surface area (Å²) in [5.41, 5.74) is 1.75. The normalized spacial score (nSPS) is 18.0. The number of rotatable bonds is 3. The lowest BCUT2D eigenvalue weighted by Gasteiger charge is -2.33. The van der Waals surface area contributed by atoms with Gasteiger partial charge < -0.3 is 4.90 Å². The molecule has 2 aromatic rings. The second-order valence-electron chi connectivity index (χ2n) is 6.59. The van der Waals surface area contributed by atoms with E-state index < -0.39 is 0 Å². The Morgan fingerprint density at radius 2 is 2.00 bits per heavy atom. The highest BCUT2D eigenvalue weighted by Crippen LogP contribution is 2.27. The molecule has 1 unspecified atom stereocenters. The molecule has 1 saturated heterocycles. The Morgan fingerprint density at radius 3 is 2.71 bits per heavy atom. The van der Waals surface area contributed by atoms with E-state index in [1.54, 1.807) is 18.3 Å². The van der Waals surface area contributed by atoms with E-state index in [0.717, 1.165) is 30.6 Å². The average Bonchev–Trinajstić information content (AvgIpc) is 2.62. The summed E-state index contributed by atoms with van der Waals surface area (Å²) >= 11 is 0. The minimum absolute atomic E-state index is 0.0175. The van der Waals surface area contributed by atoms with Crippen molar-refractivity contribution in [3.05, 3.63) is 48.0 Å². The average molecular weight is 327 g/mol. The lowest BCUT2D eigenvalue weighted by atomic mass is 9.93. The second-order valence-corrected chi connectivity index (χ2v) is 6.59. The Labute approximate surface area is 141 Å². The van der Waals surface area contributed by atoms with Crippen LogP contribution in [0.15, 0.2) is 36.5 Å². The van der Waals surface area contributed by atoms with Crippen LogP contribution in [-0.4, -0.2) is 33.9 Å². The molecule has 0 spiro atoms. The largest absolute Gasteiger partial charge is 0.342 e. The number of hydrogen-bond acceptors (Lipinski definition) is 3. The number of piperidine rings is 1. The highest BCUT2D eigenvalue weighted by atomic mass is 19.1. The standard InChI is InChI=1S/C19H22FN3O/c1-13(2)19(24)23-11-3-4-15(12-23)17-9-10-21-18(22-17)14-5-7-16(20)8-6-14/h5-10,13,15H,3-4,11-12H2,1-2H3. The van der Waals surface area contributed by atoms with Crippen LogP contribution in [0, 0.1) is 11.7 Å². The van der Waals surface area contributed by atoms with Gasteiger partial charge in [0, 0.05) is 42.4 Å². The maximum atomic E-state index is 13.1. The summed E-state index contributed by atoms with van der Waals surface area (Å²) in [6, 6.07) is 8.11. The van der Waals surface area contributed by atoms with Crippen molar-refractivity contribution in [2.45, 2.75) is 32.6 Å². The number of halogens is 1. The minimum Gasteiger partial charge on any atom is -0.342 e. The van der Waals surface area contributed by atoms with E-state index in [2.05, 4.69) is 9.97 Å². The molecule has 1 aliphatic heterocycles. The molecule has 0 aliphatic carbocycles. The molecule has 126 valence electrons. The van der Waals surface area contributed by atoms with Crippen molar-refractivity contribution in [2.24, 2.45) is 5.92 Å². The molecule has 1 aromatic carbocycles. The van der Waals surface area contributed by atoms with Crippen molar-refractivity contribution in [3.63, 3.8) is 0 Å². The number of nitrogens with zero attached hydrogens (tertiary/aromatic N) is 3. The fraction of sp³-hybridized carbons (Fsp3) is 0.421. The summed E-state index contributed by atoms with van der Waals surface area (Å²) in [6.45, 7) is 5.40. The van der Waals surface area contributed by atoms with Crippen LogP contribution in [0.4, 0.5) is 4.39 Å². The predicted octanol–water partition coefficient (Wildman–Crippen LogP) is 3.64. The van der Waals surface area contributed by atoms with Crippen LogP contribution in [-0.2, 0) is 4.79 Å². The van der Waals surface area contributed by atoms with Crippen LogP contribution in [0.25, 0.3) is 11.4 Å². The molecule has 3 rings (SSSR count). The Hall–Kier alpha value is -2.30. The smallest absolute Gasteiger partial charge is 0.225 e. The Bertz CT molecular complexity index is 715. The van der Waals surface area contributed by atoms with Crippen molar-refractivity contribution in [1.29, 1.82) is 0 Å². The number of carbonyl (C=O) groups excluding carboxylic acids is 1. The lowest BCUT2D eigenvalue weighted by molar-refractivity contribution is -0.135. The van der Waals surface area contributed by atoms with Gasteiger partial charge in [0.2, 0.25) is 5.91 Å². The number of likely N-dealkylation sites (tertiary alicyclic amines) is 1. The SMILES string of the molecule is CC(C)C(=O)N1CCCC(c2ccnc(-c3ccc(F)cc3)n2)C1. The molecule has 0 radical (unpaired) electrons. The predicted molar refractivity (Wildman–Crippen MR) is 90.8 cm³/mol. The molecule has 0 N–H and O–H groups in total. The molecule has 0 saturated carbocycles. The van der Waals surface area contributed by atoms with E-state index in [-0.39, 0.29) is 23.6 Å². The minimum atomic E-state index is -0.273.